The molecule has 0 aliphatic carbocycles. The number of amides is 2. The first kappa shape index (κ1) is 18.6. The Hall–Kier alpha value is -3.16. The van der Waals surface area contributed by atoms with E-state index in [-0.39, 0.29) is 24.0 Å². The smallest absolute Gasteiger partial charge is 0.387 e. The second kappa shape index (κ2) is 8.03. The third kappa shape index (κ3) is 4.33. The minimum atomic E-state index is -2.90. The number of halogens is 2. The van der Waals surface area contributed by atoms with Crippen molar-refractivity contribution in [3.05, 3.63) is 59.7 Å². The molecule has 1 aliphatic rings. The van der Waals surface area contributed by atoms with E-state index >= 15 is 0 Å². The van der Waals surface area contributed by atoms with Crippen LogP contribution in [0.4, 0.5) is 8.78 Å². The average Bonchev–Trinajstić information content (AvgIpc) is 2.65. The lowest BCUT2D eigenvalue weighted by Crippen LogP contribution is -2.58. The maximum absolute atomic E-state index is 12.5. The highest BCUT2D eigenvalue weighted by molar-refractivity contribution is 5.98. The molecule has 27 heavy (non-hydrogen) atoms. The lowest BCUT2D eigenvalue weighted by Gasteiger charge is -2.30. The number of nitrogens with one attached hydrogen (secondary N) is 2. The summed E-state index contributed by atoms with van der Waals surface area (Å²) in [5.74, 6) is -0.145. The van der Waals surface area contributed by atoms with Gasteiger partial charge in [-0.15, -0.1) is 0 Å². The maximum atomic E-state index is 12.5. The number of carbonyl (C=O) groups excluding carboxylic acids is 2. The Morgan fingerprint density at radius 2 is 1.70 bits per heavy atom. The Balaban J connectivity index is 1.68. The van der Waals surface area contributed by atoms with Crippen LogP contribution in [-0.2, 0) is 16.0 Å². The first-order valence-corrected chi connectivity index (χ1v) is 8.25. The van der Waals surface area contributed by atoms with Crippen molar-refractivity contribution >= 4 is 11.8 Å². The molecule has 0 aromatic heterocycles. The number of benzene rings is 2. The van der Waals surface area contributed by atoms with Crippen molar-refractivity contribution in [2.45, 2.75) is 25.1 Å². The summed E-state index contributed by atoms with van der Waals surface area (Å²) in [6.07, 6.45) is 0.227. The van der Waals surface area contributed by atoms with Gasteiger partial charge in [-0.1, -0.05) is 30.3 Å². The van der Waals surface area contributed by atoms with Crippen LogP contribution in [0.15, 0.2) is 48.5 Å². The number of para-hydroxylation sites is 1. The molecule has 3 rings (SSSR count). The molecule has 0 spiro atoms. The average molecular weight is 376 g/mol. The van der Waals surface area contributed by atoms with Crippen molar-refractivity contribution in [2.24, 2.45) is 0 Å². The van der Waals surface area contributed by atoms with E-state index in [9.17, 15) is 18.4 Å². The van der Waals surface area contributed by atoms with Crippen molar-refractivity contribution < 1.29 is 27.8 Å². The fourth-order valence-electron chi connectivity index (χ4n) is 2.94. The van der Waals surface area contributed by atoms with Gasteiger partial charge in [-0.3, -0.25) is 9.59 Å². The molecule has 2 N–H and O–H groups in total. The Morgan fingerprint density at radius 1 is 1.00 bits per heavy atom. The van der Waals surface area contributed by atoms with Gasteiger partial charge in [0.25, 0.3) is 0 Å². The molecule has 2 unspecified atom stereocenters. The number of alkyl halides is 2. The number of ether oxygens (including phenoxy) is 2. The SMILES string of the molecule is COc1ccccc1C1NC(=O)C(Cc2ccc(OC(F)F)cc2)NC1=O. The second-order valence-electron chi connectivity index (χ2n) is 5.97. The normalized spacial score (nSPS) is 19.4. The minimum Gasteiger partial charge on any atom is -0.496 e. The first-order valence-electron chi connectivity index (χ1n) is 8.25. The standard InChI is InChI=1S/C19H18F2N2O4/c1-26-15-5-3-2-4-13(15)16-18(25)22-14(17(24)23-16)10-11-6-8-12(9-7-11)27-19(20)21/h2-9,14,16,19H,10H2,1H3,(H,22,25)(H,23,24). The second-order valence-corrected chi connectivity index (χ2v) is 5.97. The van der Waals surface area contributed by atoms with Crippen LogP contribution in [0.25, 0.3) is 0 Å². The molecular weight excluding hydrogens is 358 g/mol. The largest absolute Gasteiger partial charge is 0.496 e. The molecule has 1 fully saturated rings. The third-order valence-corrected chi connectivity index (χ3v) is 4.22. The van der Waals surface area contributed by atoms with Crippen molar-refractivity contribution in [3.8, 4) is 11.5 Å². The fourth-order valence-corrected chi connectivity index (χ4v) is 2.94. The molecule has 6 nitrogen and oxygen atoms in total. The van der Waals surface area contributed by atoms with Crippen LogP contribution in [0, 0.1) is 0 Å². The van der Waals surface area contributed by atoms with Crippen LogP contribution in [-0.4, -0.2) is 31.6 Å². The summed E-state index contributed by atoms with van der Waals surface area (Å²) in [5.41, 5.74) is 1.27. The van der Waals surface area contributed by atoms with Gasteiger partial charge >= 0.3 is 6.61 Å². The van der Waals surface area contributed by atoms with E-state index in [2.05, 4.69) is 15.4 Å². The topological polar surface area (TPSA) is 76.7 Å². The summed E-state index contributed by atoms with van der Waals surface area (Å²) in [5, 5.41) is 5.41. The summed E-state index contributed by atoms with van der Waals surface area (Å²) in [4.78, 5) is 24.9. The van der Waals surface area contributed by atoms with Crippen LogP contribution >= 0.6 is 0 Å². The van der Waals surface area contributed by atoms with E-state index in [0.717, 1.165) is 0 Å². The Labute approximate surface area is 154 Å². The lowest BCUT2D eigenvalue weighted by molar-refractivity contribution is -0.136. The molecular formula is C19H18F2N2O4. The molecule has 2 aromatic rings. The van der Waals surface area contributed by atoms with Gasteiger partial charge in [-0.2, -0.15) is 8.78 Å². The van der Waals surface area contributed by atoms with E-state index in [0.29, 0.717) is 16.9 Å². The monoisotopic (exact) mass is 376 g/mol. The molecule has 0 bridgehead atoms. The number of carbonyl (C=O) groups is 2. The molecule has 2 aromatic carbocycles. The first-order chi connectivity index (χ1) is 13.0. The van der Waals surface area contributed by atoms with Crippen LogP contribution in [0.1, 0.15) is 17.2 Å². The zero-order valence-electron chi connectivity index (χ0n) is 14.4. The van der Waals surface area contributed by atoms with Gasteiger partial charge in [0.2, 0.25) is 11.8 Å². The van der Waals surface area contributed by atoms with Crippen molar-refractivity contribution in [1.82, 2.24) is 10.6 Å². The molecule has 0 radical (unpaired) electrons. The van der Waals surface area contributed by atoms with Crippen molar-refractivity contribution in [2.75, 3.05) is 7.11 Å². The molecule has 142 valence electrons. The van der Waals surface area contributed by atoms with Gasteiger partial charge < -0.3 is 20.1 Å². The van der Waals surface area contributed by atoms with Crippen LogP contribution in [0.2, 0.25) is 0 Å². The summed E-state index contributed by atoms with van der Waals surface area (Å²) in [6, 6.07) is 11.3. The highest BCUT2D eigenvalue weighted by atomic mass is 19.3. The van der Waals surface area contributed by atoms with E-state index in [1.165, 1.54) is 19.2 Å². The van der Waals surface area contributed by atoms with Gasteiger partial charge in [-0.25, -0.2) is 0 Å². The highest BCUT2D eigenvalue weighted by Crippen LogP contribution is 2.27. The van der Waals surface area contributed by atoms with E-state index < -0.39 is 18.7 Å². The quantitative estimate of drug-likeness (QED) is 0.810. The summed E-state index contributed by atoms with van der Waals surface area (Å²) >= 11 is 0. The Morgan fingerprint density at radius 3 is 2.37 bits per heavy atom. The Kier molecular flexibility index (Phi) is 5.54. The summed E-state index contributed by atoms with van der Waals surface area (Å²) in [6.45, 7) is -2.90. The van der Waals surface area contributed by atoms with Gasteiger partial charge in [-0.05, 0) is 23.8 Å². The fraction of sp³-hybridized carbons (Fsp3) is 0.263. The van der Waals surface area contributed by atoms with Crippen molar-refractivity contribution in [3.63, 3.8) is 0 Å². The van der Waals surface area contributed by atoms with Gasteiger partial charge in [0, 0.05) is 12.0 Å². The van der Waals surface area contributed by atoms with E-state index in [1.54, 1.807) is 36.4 Å². The van der Waals surface area contributed by atoms with Gasteiger partial charge in [0.1, 0.15) is 23.6 Å². The number of piperazine rings is 1. The van der Waals surface area contributed by atoms with Gasteiger partial charge in [0.15, 0.2) is 0 Å². The minimum absolute atomic E-state index is 0.0297. The predicted octanol–water partition coefficient (Wildman–Crippen LogP) is 2.19. The van der Waals surface area contributed by atoms with E-state index in [4.69, 9.17) is 4.74 Å². The van der Waals surface area contributed by atoms with Crippen LogP contribution < -0.4 is 20.1 Å². The van der Waals surface area contributed by atoms with Gasteiger partial charge in [0.05, 0.1) is 7.11 Å². The summed E-state index contributed by atoms with van der Waals surface area (Å²) < 4.78 is 33.9. The number of rotatable bonds is 6. The number of hydrogen-bond donors (Lipinski definition) is 2. The molecule has 1 saturated heterocycles. The van der Waals surface area contributed by atoms with Crippen LogP contribution in [0.5, 0.6) is 11.5 Å². The molecule has 0 saturated carbocycles. The number of hydrogen-bond acceptors (Lipinski definition) is 4. The molecule has 1 heterocycles. The van der Waals surface area contributed by atoms with Crippen LogP contribution in [0.3, 0.4) is 0 Å². The number of methoxy groups -OCH3 is 1. The zero-order valence-corrected chi connectivity index (χ0v) is 14.4. The molecule has 1 aliphatic heterocycles. The highest BCUT2D eigenvalue weighted by Gasteiger charge is 2.35. The third-order valence-electron chi connectivity index (χ3n) is 4.22. The lowest BCUT2D eigenvalue weighted by atomic mass is 9.98. The zero-order chi connectivity index (χ0) is 19.4. The molecule has 8 heteroatoms. The molecule has 2 amide bonds. The summed E-state index contributed by atoms with van der Waals surface area (Å²) in [7, 11) is 1.49. The van der Waals surface area contributed by atoms with E-state index in [1.807, 2.05) is 0 Å². The maximum Gasteiger partial charge on any atom is 0.387 e. The Bertz CT molecular complexity index is 827. The van der Waals surface area contributed by atoms with Crippen molar-refractivity contribution in [1.29, 1.82) is 0 Å². The molecule has 2 atom stereocenters. The predicted molar refractivity (Wildman–Crippen MR) is 92.6 cm³/mol.